The van der Waals surface area contributed by atoms with Gasteiger partial charge in [0.25, 0.3) is 0 Å². The number of anilines is 1. The molecule has 1 aliphatic heterocycles. The number of hydrogen-bond donors (Lipinski definition) is 2. The second kappa shape index (κ2) is 8.57. The fourth-order valence-electron chi connectivity index (χ4n) is 4.78. The summed E-state index contributed by atoms with van der Waals surface area (Å²) < 4.78 is 22.2. The average Bonchev–Trinajstić information content (AvgIpc) is 3.15. The summed E-state index contributed by atoms with van der Waals surface area (Å²) in [6, 6.07) is 14.6. The smallest absolute Gasteiger partial charge is 0.324 e. The number of amides is 2. The van der Waals surface area contributed by atoms with Crippen LogP contribution in [0.1, 0.15) is 31.2 Å². The highest BCUT2D eigenvalue weighted by molar-refractivity contribution is 7.72. The number of carbonyl (C=O) groups is 1. The van der Waals surface area contributed by atoms with Crippen LogP contribution >= 0.6 is 11.6 Å². The fourth-order valence-corrected chi connectivity index (χ4v) is 5.37. The summed E-state index contributed by atoms with van der Waals surface area (Å²) in [6.45, 7) is 1.84. The van der Waals surface area contributed by atoms with Gasteiger partial charge in [0, 0.05) is 41.8 Å². The van der Waals surface area contributed by atoms with Gasteiger partial charge >= 0.3 is 6.03 Å². The van der Waals surface area contributed by atoms with E-state index in [-0.39, 0.29) is 22.4 Å². The number of nitrogens with two attached hydrogens (primary N) is 1. The maximum atomic E-state index is 13.1. The van der Waals surface area contributed by atoms with Crippen LogP contribution in [-0.4, -0.2) is 45.0 Å². The number of hydrogen-bond acceptors (Lipinski definition) is 4. The molecule has 1 heterocycles. The molecule has 1 saturated heterocycles. The molecule has 30 heavy (non-hydrogen) atoms. The van der Waals surface area contributed by atoms with E-state index in [0.717, 1.165) is 36.4 Å². The second-order valence-electron chi connectivity index (χ2n) is 8.13. The molecular formula is C22H26ClN3O3S. The van der Waals surface area contributed by atoms with Crippen molar-refractivity contribution in [3.8, 4) is 0 Å². The molecule has 1 aliphatic carbocycles. The molecule has 8 heteroatoms. The van der Waals surface area contributed by atoms with E-state index in [1.807, 2.05) is 23.1 Å². The lowest BCUT2D eigenvalue weighted by molar-refractivity contribution is 0.156. The van der Waals surface area contributed by atoms with Gasteiger partial charge in [-0.2, -0.15) is 0 Å². The third-order valence-corrected chi connectivity index (χ3v) is 7.55. The highest BCUT2D eigenvalue weighted by Crippen LogP contribution is 2.41. The van der Waals surface area contributed by atoms with Gasteiger partial charge in [0.1, 0.15) is 0 Å². The topological polar surface area (TPSA) is 83.7 Å². The molecule has 2 aromatic carbocycles. The van der Waals surface area contributed by atoms with E-state index in [0.29, 0.717) is 19.6 Å². The molecule has 1 saturated carbocycles. The Bertz CT molecular complexity index is 993. The third kappa shape index (κ3) is 3.94. The van der Waals surface area contributed by atoms with Crippen LogP contribution in [0.2, 0.25) is 5.02 Å². The zero-order valence-electron chi connectivity index (χ0n) is 16.7. The summed E-state index contributed by atoms with van der Waals surface area (Å²) in [5.74, 6) is 0. The summed E-state index contributed by atoms with van der Waals surface area (Å²) in [6.07, 6.45) is 3.64. The number of rotatable bonds is 5. The first-order chi connectivity index (χ1) is 14.4. The van der Waals surface area contributed by atoms with Crippen LogP contribution < -0.4 is 10.6 Å². The summed E-state index contributed by atoms with van der Waals surface area (Å²) in [5.41, 5.74) is 8.03. The largest absolute Gasteiger partial charge is 0.330 e. The van der Waals surface area contributed by atoms with Gasteiger partial charge in [0.2, 0.25) is 0 Å². The summed E-state index contributed by atoms with van der Waals surface area (Å²) in [5, 5.41) is 0.723. The highest BCUT2D eigenvalue weighted by atomic mass is 35.5. The minimum absolute atomic E-state index is 0.0118. The Morgan fingerprint density at radius 3 is 2.37 bits per heavy atom. The standard InChI is InChI=1S/C22H26ClN3O3S/c23-17-3-1-2-16(14-17)22(15-24)10-8-19(9-11-22)26-13-12-25(21(26)27)18-4-6-20(7-5-18)30(28)29/h1-7,14,19,30H,8-13,15,24H2. The van der Waals surface area contributed by atoms with Crippen molar-refractivity contribution in [3.63, 3.8) is 0 Å². The van der Waals surface area contributed by atoms with Crippen LogP contribution in [0.5, 0.6) is 0 Å². The van der Waals surface area contributed by atoms with Crippen molar-refractivity contribution in [2.24, 2.45) is 5.73 Å². The van der Waals surface area contributed by atoms with Gasteiger partial charge in [0.05, 0.1) is 4.90 Å². The van der Waals surface area contributed by atoms with Gasteiger partial charge in [0.15, 0.2) is 10.7 Å². The van der Waals surface area contributed by atoms with Gasteiger partial charge in [-0.1, -0.05) is 23.7 Å². The van der Waals surface area contributed by atoms with Crippen molar-refractivity contribution in [2.75, 3.05) is 24.5 Å². The van der Waals surface area contributed by atoms with Crippen LogP contribution in [0.3, 0.4) is 0 Å². The van der Waals surface area contributed by atoms with Crippen LogP contribution in [0.15, 0.2) is 53.4 Å². The molecule has 4 rings (SSSR count). The monoisotopic (exact) mass is 447 g/mol. The number of halogens is 1. The van der Waals surface area contributed by atoms with Crippen molar-refractivity contribution < 1.29 is 13.2 Å². The van der Waals surface area contributed by atoms with Crippen molar-refractivity contribution >= 4 is 34.0 Å². The molecule has 2 aromatic rings. The molecule has 0 radical (unpaired) electrons. The summed E-state index contributed by atoms with van der Waals surface area (Å²) in [7, 11) is -2.62. The van der Waals surface area contributed by atoms with Crippen molar-refractivity contribution in [3.05, 3.63) is 59.1 Å². The van der Waals surface area contributed by atoms with Crippen molar-refractivity contribution in [1.29, 1.82) is 0 Å². The summed E-state index contributed by atoms with van der Waals surface area (Å²) in [4.78, 5) is 17.0. The van der Waals surface area contributed by atoms with Crippen LogP contribution in [0.25, 0.3) is 0 Å². The first kappa shape index (κ1) is 21.2. The Morgan fingerprint density at radius 2 is 1.77 bits per heavy atom. The lowest BCUT2D eigenvalue weighted by atomic mass is 9.68. The first-order valence-corrected chi connectivity index (χ1v) is 11.8. The number of thiol groups is 1. The van der Waals surface area contributed by atoms with E-state index in [1.54, 1.807) is 17.0 Å². The first-order valence-electron chi connectivity index (χ1n) is 10.2. The Balaban J connectivity index is 1.44. The Kier molecular flexibility index (Phi) is 6.04. The number of carbonyl (C=O) groups excluding carboxylic acids is 1. The van der Waals surface area contributed by atoms with Gasteiger partial charge in [-0.05, 0) is 67.6 Å². The minimum atomic E-state index is -2.62. The molecule has 2 N–H and O–H groups in total. The van der Waals surface area contributed by atoms with Crippen molar-refractivity contribution in [2.45, 2.75) is 42.0 Å². The number of urea groups is 1. The predicted molar refractivity (Wildman–Crippen MR) is 119 cm³/mol. The maximum absolute atomic E-state index is 13.1. The van der Waals surface area contributed by atoms with E-state index in [1.165, 1.54) is 17.7 Å². The molecule has 6 nitrogen and oxygen atoms in total. The highest BCUT2D eigenvalue weighted by Gasteiger charge is 2.41. The van der Waals surface area contributed by atoms with Gasteiger partial charge in [-0.3, -0.25) is 4.90 Å². The molecule has 0 unspecified atom stereocenters. The van der Waals surface area contributed by atoms with Crippen LogP contribution in [-0.2, 0) is 16.1 Å². The van der Waals surface area contributed by atoms with Gasteiger partial charge in [-0.25, -0.2) is 13.2 Å². The molecule has 2 fully saturated rings. The van der Waals surface area contributed by atoms with E-state index in [9.17, 15) is 13.2 Å². The molecule has 0 atom stereocenters. The van der Waals surface area contributed by atoms with Crippen LogP contribution in [0, 0.1) is 0 Å². The maximum Gasteiger partial charge on any atom is 0.324 e. The van der Waals surface area contributed by atoms with E-state index in [2.05, 4.69) is 6.07 Å². The zero-order valence-corrected chi connectivity index (χ0v) is 18.3. The van der Waals surface area contributed by atoms with E-state index < -0.39 is 10.7 Å². The number of benzene rings is 2. The van der Waals surface area contributed by atoms with E-state index in [4.69, 9.17) is 17.3 Å². The molecule has 160 valence electrons. The fraction of sp³-hybridized carbons (Fsp3) is 0.409. The second-order valence-corrected chi connectivity index (χ2v) is 9.59. The number of nitrogens with zero attached hydrogens (tertiary/aromatic N) is 2. The summed E-state index contributed by atoms with van der Waals surface area (Å²) >= 11 is 6.20. The zero-order chi connectivity index (χ0) is 21.3. The van der Waals surface area contributed by atoms with E-state index >= 15 is 0 Å². The Labute approximate surface area is 183 Å². The molecule has 0 aromatic heterocycles. The quantitative estimate of drug-likeness (QED) is 0.688. The predicted octanol–water partition coefficient (Wildman–Crippen LogP) is 3.39. The Morgan fingerprint density at radius 1 is 1.07 bits per heavy atom. The average molecular weight is 448 g/mol. The molecule has 0 bridgehead atoms. The van der Waals surface area contributed by atoms with Gasteiger partial charge in [-0.15, -0.1) is 0 Å². The van der Waals surface area contributed by atoms with Crippen molar-refractivity contribution in [1.82, 2.24) is 4.90 Å². The third-order valence-electron chi connectivity index (χ3n) is 6.59. The Hall–Kier alpha value is -2.09. The lowest BCUT2D eigenvalue weighted by Gasteiger charge is -2.42. The lowest BCUT2D eigenvalue weighted by Crippen LogP contribution is -2.46. The van der Waals surface area contributed by atoms with Gasteiger partial charge < -0.3 is 10.6 Å². The normalized spacial score (nSPS) is 24.6. The molecule has 2 aliphatic rings. The molecule has 0 spiro atoms. The van der Waals surface area contributed by atoms with Crippen LogP contribution in [0.4, 0.5) is 10.5 Å². The SMILES string of the molecule is NCC1(c2cccc(Cl)c2)CCC(N2CCN(c3ccc([SH](=O)=O)cc3)C2=O)CC1. The molecule has 2 amide bonds. The minimum Gasteiger partial charge on any atom is -0.330 e. The molecular weight excluding hydrogens is 422 g/mol.